The quantitative estimate of drug-likeness (QED) is 0.890. The van der Waals surface area contributed by atoms with Crippen molar-refractivity contribution in [2.45, 2.75) is 52.1 Å². The number of hydrogen-bond acceptors (Lipinski definition) is 3. The van der Waals surface area contributed by atoms with E-state index in [1.165, 1.54) is 0 Å². The van der Waals surface area contributed by atoms with Crippen molar-refractivity contribution >= 4 is 5.97 Å². The molecule has 1 aromatic carbocycles. The van der Waals surface area contributed by atoms with E-state index in [9.17, 15) is 4.79 Å². The summed E-state index contributed by atoms with van der Waals surface area (Å²) in [4.78, 5) is 11.0. The third kappa shape index (κ3) is 2.38. The summed E-state index contributed by atoms with van der Waals surface area (Å²) in [6.45, 7) is 9.74. The molecule has 0 unspecified atom stereocenters. The van der Waals surface area contributed by atoms with Gasteiger partial charge in [0.2, 0.25) is 0 Å². The Morgan fingerprint density at radius 3 is 2.11 bits per heavy atom. The van der Waals surface area contributed by atoms with Crippen LogP contribution in [-0.4, -0.2) is 22.3 Å². The van der Waals surface area contributed by atoms with Gasteiger partial charge in [0.1, 0.15) is 0 Å². The summed E-state index contributed by atoms with van der Waals surface area (Å²) in [5.74, 6) is -0.919. The van der Waals surface area contributed by atoms with Gasteiger partial charge in [-0.15, -0.1) is 0 Å². The molecule has 0 spiro atoms. The van der Waals surface area contributed by atoms with Gasteiger partial charge in [0.15, 0.2) is 6.29 Å². The summed E-state index contributed by atoms with van der Waals surface area (Å²) in [6.07, 6.45) is -0.452. The number of benzene rings is 1. The van der Waals surface area contributed by atoms with Crippen LogP contribution in [-0.2, 0) is 9.47 Å². The Morgan fingerprint density at radius 2 is 1.68 bits per heavy atom. The molecule has 0 atom stereocenters. The first kappa shape index (κ1) is 14.0. The largest absolute Gasteiger partial charge is 0.478 e. The molecule has 2 rings (SSSR count). The lowest BCUT2D eigenvalue weighted by atomic mass is 9.90. The van der Waals surface area contributed by atoms with Crippen LogP contribution in [0.3, 0.4) is 0 Å². The molecule has 0 aliphatic carbocycles. The SMILES string of the molecule is Cc1cc(C2OC(C)(C)C(C)(C)O2)ccc1C(=O)O. The van der Waals surface area contributed by atoms with Crippen LogP contribution in [0.1, 0.15) is 55.5 Å². The Kier molecular flexibility index (Phi) is 3.19. The lowest BCUT2D eigenvalue weighted by molar-refractivity contribution is -0.0896. The molecular weight excluding hydrogens is 244 g/mol. The van der Waals surface area contributed by atoms with E-state index in [4.69, 9.17) is 14.6 Å². The van der Waals surface area contributed by atoms with E-state index in [-0.39, 0.29) is 0 Å². The third-order valence-electron chi connectivity index (χ3n) is 4.01. The number of aromatic carboxylic acids is 1. The molecule has 0 bridgehead atoms. The maximum Gasteiger partial charge on any atom is 0.335 e. The van der Waals surface area contributed by atoms with E-state index in [0.717, 1.165) is 5.56 Å². The second-order valence-corrected chi connectivity index (χ2v) is 5.97. The van der Waals surface area contributed by atoms with Gasteiger partial charge in [-0.2, -0.15) is 0 Å². The van der Waals surface area contributed by atoms with E-state index >= 15 is 0 Å². The summed E-state index contributed by atoms with van der Waals surface area (Å²) < 4.78 is 11.9. The molecule has 19 heavy (non-hydrogen) atoms. The molecule has 1 saturated heterocycles. The molecule has 1 heterocycles. The zero-order valence-corrected chi connectivity index (χ0v) is 12.0. The molecule has 0 radical (unpaired) electrons. The Bertz CT molecular complexity index is 501. The zero-order chi connectivity index (χ0) is 14.4. The second kappa shape index (κ2) is 4.32. The lowest BCUT2D eigenvalue weighted by Crippen LogP contribution is -2.41. The number of hydrogen-bond donors (Lipinski definition) is 1. The van der Waals surface area contributed by atoms with Crippen molar-refractivity contribution in [3.8, 4) is 0 Å². The van der Waals surface area contributed by atoms with Crippen molar-refractivity contribution < 1.29 is 19.4 Å². The van der Waals surface area contributed by atoms with Gasteiger partial charge in [-0.3, -0.25) is 0 Å². The number of ether oxygens (including phenoxy) is 2. The van der Waals surface area contributed by atoms with E-state index < -0.39 is 23.5 Å². The Morgan fingerprint density at radius 1 is 1.16 bits per heavy atom. The molecule has 0 aromatic heterocycles. The predicted molar refractivity (Wildman–Crippen MR) is 71.2 cm³/mol. The van der Waals surface area contributed by atoms with Gasteiger partial charge in [0.25, 0.3) is 0 Å². The Labute approximate surface area is 113 Å². The van der Waals surface area contributed by atoms with Crippen molar-refractivity contribution in [1.29, 1.82) is 0 Å². The van der Waals surface area contributed by atoms with Crippen LogP contribution >= 0.6 is 0 Å². The average Bonchev–Trinajstić information content (AvgIpc) is 2.47. The fourth-order valence-electron chi connectivity index (χ4n) is 2.05. The summed E-state index contributed by atoms with van der Waals surface area (Å²) >= 11 is 0. The Balaban J connectivity index is 2.31. The standard InChI is InChI=1S/C15H20O4/c1-9-8-10(6-7-11(9)12(16)17)13-18-14(2,3)15(4,5)19-13/h6-8,13H,1-5H3,(H,16,17). The van der Waals surface area contributed by atoms with Crippen molar-refractivity contribution in [1.82, 2.24) is 0 Å². The molecule has 4 nitrogen and oxygen atoms in total. The van der Waals surface area contributed by atoms with E-state index in [1.807, 2.05) is 33.8 Å². The molecule has 4 heteroatoms. The highest BCUT2D eigenvalue weighted by Gasteiger charge is 2.49. The minimum Gasteiger partial charge on any atom is -0.478 e. The molecule has 0 amide bonds. The fraction of sp³-hybridized carbons (Fsp3) is 0.533. The number of aryl methyl sites for hydroxylation is 1. The van der Waals surface area contributed by atoms with Gasteiger partial charge in [0.05, 0.1) is 16.8 Å². The van der Waals surface area contributed by atoms with Gasteiger partial charge < -0.3 is 14.6 Å². The van der Waals surface area contributed by atoms with Gasteiger partial charge in [-0.05, 0) is 46.2 Å². The van der Waals surface area contributed by atoms with Crippen LogP contribution in [0.4, 0.5) is 0 Å². The molecule has 1 N–H and O–H groups in total. The average molecular weight is 264 g/mol. The first-order valence-electron chi connectivity index (χ1n) is 6.33. The van der Waals surface area contributed by atoms with Crippen LogP contribution in [0, 0.1) is 6.92 Å². The maximum absolute atomic E-state index is 11.0. The lowest BCUT2D eigenvalue weighted by Gasteiger charge is -2.30. The Hall–Kier alpha value is -1.39. The second-order valence-electron chi connectivity index (χ2n) is 5.97. The first-order chi connectivity index (χ1) is 8.64. The molecule has 1 aliphatic heterocycles. The first-order valence-corrected chi connectivity index (χ1v) is 6.33. The molecule has 1 aliphatic rings. The van der Waals surface area contributed by atoms with Crippen LogP contribution in [0.2, 0.25) is 0 Å². The minimum atomic E-state index is -0.919. The number of carboxylic acid groups (broad SMARTS) is 1. The number of rotatable bonds is 2. The van der Waals surface area contributed by atoms with Crippen LogP contribution in [0.25, 0.3) is 0 Å². The monoisotopic (exact) mass is 264 g/mol. The van der Waals surface area contributed by atoms with E-state index in [0.29, 0.717) is 11.1 Å². The normalized spacial score (nSPS) is 21.5. The summed E-state index contributed by atoms with van der Waals surface area (Å²) in [7, 11) is 0. The fourth-order valence-corrected chi connectivity index (χ4v) is 2.05. The van der Waals surface area contributed by atoms with Gasteiger partial charge >= 0.3 is 5.97 Å². The predicted octanol–water partition coefficient (Wildman–Crippen LogP) is 3.30. The maximum atomic E-state index is 11.0. The van der Waals surface area contributed by atoms with Crippen molar-refractivity contribution in [3.05, 3.63) is 34.9 Å². The summed E-state index contributed by atoms with van der Waals surface area (Å²) in [5, 5.41) is 9.03. The van der Waals surface area contributed by atoms with Crippen LogP contribution in [0.5, 0.6) is 0 Å². The van der Waals surface area contributed by atoms with Crippen molar-refractivity contribution in [2.24, 2.45) is 0 Å². The highest BCUT2D eigenvalue weighted by Crippen LogP contribution is 2.44. The van der Waals surface area contributed by atoms with Crippen molar-refractivity contribution in [3.63, 3.8) is 0 Å². The van der Waals surface area contributed by atoms with Gasteiger partial charge in [-0.25, -0.2) is 4.79 Å². The summed E-state index contributed by atoms with van der Waals surface area (Å²) in [6, 6.07) is 5.16. The van der Waals surface area contributed by atoms with E-state index in [1.54, 1.807) is 19.1 Å². The number of carbonyl (C=O) groups is 1. The zero-order valence-electron chi connectivity index (χ0n) is 12.0. The topological polar surface area (TPSA) is 55.8 Å². The van der Waals surface area contributed by atoms with Crippen LogP contribution in [0.15, 0.2) is 18.2 Å². The molecule has 1 aromatic rings. The molecular formula is C15H20O4. The molecule has 0 saturated carbocycles. The van der Waals surface area contributed by atoms with Gasteiger partial charge in [0, 0.05) is 5.56 Å². The van der Waals surface area contributed by atoms with Crippen LogP contribution < -0.4 is 0 Å². The highest BCUT2D eigenvalue weighted by molar-refractivity contribution is 5.89. The van der Waals surface area contributed by atoms with E-state index in [2.05, 4.69) is 0 Å². The van der Waals surface area contributed by atoms with Crippen molar-refractivity contribution in [2.75, 3.05) is 0 Å². The minimum absolute atomic E-state index is 0.306. The van der Waals surface area contributed by atoms with Gasteiger partial charge in [-0.1, -0.05) is 12.1 Å². The number of carboxylic acids is 1. The molecule has 104 valence electrons. The highest BCUT2D eigenvalue weighted by atomic mass is 16.7. The molecule has 1 fully saturated rings. The smallest absolute Gasteiger partial charge is 0.335 e. The summed E-state index contributed by atoms with van der Waals surface area (Å²) in [5.41, 5.74) is 1.08. The third-order valence-corrected chi connectivity index (χ3v) is 4.01.